The Kier molecular flexibility index (Phi) is 5.54. The molecule has 0 spiro atoms. The number of aromatic nitrogens is 4. The third-order valence-electron chi connectivity index (χ3n) is 5.90. The van der Waals surface area contributed by atoms with Gasteiger partial charge in [-0.25, -0.2) is 4.98 Å². The Morgan fingerprint density at radius 1 is 1.34 bits per heavy atom. The van der Waals surface area contributed by atoms with Crippen LogP contribution in [0.4, 0.5) is 0 Å². The van der Waals surface area contributed by atoms with E-state index in [1.807, 2.05) is 23.3 Å². The van der Waals surface area contributed by atoms with Gasteiger partial charge in [-0.05, 0) is 44.6 Å². The van der Waals surface area contributed by atoms with Gasteiger partial charge in [-0.1, -0.05) is 13.8 Å². The summed E-state index contributed by atoms with van der Waals surface area (Å²) in [5.41, 5.74) is 1.69. The summed E-state index contributed by atoms with van der Waals surface area (Å²) in [6, 6.07) is 2.03. The van der Waals surface area contributed by atoms with Gasteiger partial charge < -0.3 is 9.32 Å². The second kappa shape index (κ2) is 8.10. The van der Waals surface area contributed by atoms with Gasteiger partial charge >= 0.3 is 0 Å². The number of oxazole rings is 1. The van der Waals surface area contributed by atoms with E-state index in [1.54, 1.807) is 12.4 Å². The van der Waals surface area contributed by atoms with Crippen molar-refractivity contribution in [3.8, 4) is 5.00 Å². The third-order valence-corrected chi connectivity index (χ3v) is 6.77. The highest BCUT2D eigenvalue weighted by Crippen LogP contribution is 2.34. The molecular formula is C21H27N5O2S. The first-order valence-electron chi connectivity index (χ1n) is 10.2. The van der Waals surface area contributed by atoms with Crippen LogP contribution < -0.4 is 0 Å². The smallest absolute Gasteiger partial charge is 0.257 e. The maximum absolute atomic E-state index is 13.4. The van der Waals surface area contributed by atoms with E-state index >= 15 is 0 Å². The maximum Gasteiger partial charge on any atom is 0.257 e. The van der Waals surface area contributed by atoms with Crippen LogP contribution in [-0.2, 0) is 0 Å². The molecule has 3 aromatic heterocycles. The molecule has 4 heterocycles. The Bertz CT molecular complexity index is 977. The lowest BCUT2D eigenvalue weighted by atomic mass is 9.92. The predicted molar refractivity (Wildman–Crippen MR) is 112 cm³/mol. The Morgan fingerprint density at radius 3 is 2.83 bits per heavy atom. The number of rotatable bonds is 5. The van der Waals surface area contributed by atoms with Crippen LogP contribution in [0.25, 0.3) is 5.00 Å². The first-order valence-corrected chi connectivity index (χ1v) is 11.1. The first-order chi connectivity index (χ1) is 14.0. The molecule has 0 saturated carbocycles. The second-order valence-electron chi connectivity index (χ2n) is 7.84. The molecule has 4 rings (SSSR count). The highest BCUT2D eigenvalue weighted by molar-refractivity contribution is 7.12. The summed E-state index contributed by atoms with van der Waals surface area (Å²) in [5.74, 6) is 2.18. The van der Waals surface area contributed by atoms with Gasteiger partial charge in [0.1, 0.15) is 5.76 Å². The molecule has 0 N–H and O–H groups in total. The Labute approximate surface area is 174 Å². The molecule has 1 fully saturated rings. The Balaban J connectivity index is 1.57. The number of hydrogen-bond donors (Lipinski definition) is 0. The van der Waals surface area contributed by atoms with Crippen molar-refractivity contribution in [2.24, 2.45) is 0 Å². The van der Waals surface area contributed by atoms with E-state index in [2.05, 4.69) is 31.0 Å². The van der Waals surface area contributed by atoms with E-state index < -0.39 is 0 Å². The van der Waals surface area contributed by atoms with E-state index in [4.69, 9.17) is 9.40 Å². The zero-order valence-electron chi connectivity index (χ0n) is 17.3. The largest absolute Gasteiger partial charge is 0.445 e. The van der Waals surface area contributed by atoms with Crippen LogP contribution in [0.3, 0.4) is 0 Å². The van der Waals surface area contributed by atoms with Gasteiger partial charge in [0.05, 0.1) is 29.6 Å². The molecule has 1 amide bonds. The Morgan fingerprint density at radius 2 is 2.10 bits per heavy atom. The number of hydrogen-bond acceptors (Lipinski definition) is 6. The summed E-state index contributed by atoms with van der Waals surface area (Å²) in [4.78, 5) is 21.7. The Hall–Kier alpha value is -2.48. The summed E-state index contributed by atoms with van der Waals surface area (Å²) < 4.78 is 6.04. The average Bonchev–Trinajstić information content (AvgIpc) is 3.47. The fraction of sp³-hybridized carbons (Fsp3) is 0.524. The first kappa shape index (κ1) is 19.8. The number of nitrogens with zero attached hydrogens (tertiary/aromatic N) is 5. The number of carbonyl (C=O) groups is 1. The van der Waals surface area contributed by atoms with E-state index in [0.29, 0.717) is 18.0 Å². The number of aryl methyl sites for hydroxylation is 1. The van der Waals surface area contributed by atoms with Crippen molar-refractivity contribution in [2.45, 2.75) is 64.8 Å². The van der Waals surface area contributed by atoms with E-state index in [-0.39, 0.29) is 17.9 Å². The minimum atomic E-state index is 0.0150. The number of likely N-dealkylation sites (tertiary alicyclic amines) is 1. The van der Waals surface area contributed by atoms with E-state index in [1.165, 1.54) is 16.1 Å². The quantitative estimate of drug-likeness (QED) is 0.613. The normalized spacial score (nSPS) is 20.8. The number of piperidine rings is 1. The maximum atomic E-state index is 13.4. The van der Waals surface area contributed by atoms with Crippen molar-refractivity contribution < 1.29 is 9.21 Å². The van der Waals surface area contributed by atoms with Gasteiger partial charge in [-0.15, -0.1) is 16.1 Å². The van der Waals surface area contributed by atoms with Crippen molar-refractivity contribution in [3.05, 3.63) is 46.7 Å². The van der Waals surface area contributed by atoms with Crippen molar-refractivity contribution in [1.82, 2.24) is 24.9 Å². The van der Waals surface area contributed by atoms with Crippen LogP contribution in [0, 0.1) is 6.92 Å². The fourth-order valence-electron chi connectivity index (χ4n) is 3.94. The van der Waals surface area contributed by atoms with Crippen LogP contribution in [0.1, 0.15) is 79.6 Å². The van der Waals surface area contributed by atoms with Crippen LogP contribution in [-0.4, -0.2) is 43.4 Å². The van der Waals surface area contributed by atoms with Crippen LogP contribution >= 0.6 is 11.3 Å². The van der Waals surface area contributed by atoms with Crippen LogP contribution in [0.15, 0.2) is 28.3 Å². The lowest BCUT2D eigenvalue weighted by Crippen LogP contribution is -2.45. The monoisotopic (exact) mass is 413 g/mol. The molecule has 0 aliphatic carbocycles. The topological polar surface area (TPSA) is 77.1 Å². The zero-order valence-corrected chi connectivity index (χ0v) is 18.1. The molecule has 154 valence electrons. The van der Waals surface area contributed by atoms with Gasteiger partial charge in [0.2, 0.25) is 0 Å². The van der Waals surface area contributed by atoms with Crippen LogP contribution in [0.2, 0.25) is 0 Å². The number of amides is 1. The molecule has 29 heavy (non-hydrogen) atoms. The number of thiophene rings is 1. The minimum absolute atomic E-state index is 0.0150. The molecule has 0 bridgehead atoms. The van der Waals surface area contributed by atoms with Crippen molar-refractivity contribution >= 4 is 17.2 Å². The molecule has 1 saturated heterocycles. The lowest BCUT2D eigenvalue weighted by Gasteiger charge is -2.37. The highest BCUT2D eigenvalue weighted by Gasteiger charge is 2.34. The van der Waals surface area contributed by atoms with Gasteiger partial charge in [-0.2, -0.15) is 10.2 Å². The molecule has 0 unspecified atom stereocenters. The lowest BCUT2D eigenvalue weighted by molar-refractivity contribution is 0.0597. The zero-order chi connectivity index (χ0) is 20.5. The highest BCUT2D eigenvalue weighted by atomic mass is 32.1. The van der Waals surface area contributed by atoms with Crippen molar-refractivity contribution in [2.75, 3.05) is 6.54 Å². The molecule has 0 aromatic carbocycles. The summed E-state index contributed by atoms with van der Waals surface area (Å²) in [7, 11) is 0. The fourth-order valence-corrected chi connectivity index (χ4v) is 4.74. The van der Waals surface area contributed by atoms with E-state index in [0.717, 1.165) is 41.6 Å². The standard InChI is InChI=1S/C21H27N5O2S/c1-5-13(2)18-15(4)28-19(24-18)16-7-6-14(3)25(12-16)20(27)17-8-11-29-21(17)26-22-9-10-23-26/h8-11,13-14,16H,5-7,12H2,1-4H3/t13-,14-,16-/m1/s1. The van der Waals surface area contributed by atoms with Gasteiger partial charge in [-0.3, -0.25) is 4.79 Å². The summed E-state index contributed by atoms with van der Waals surface area (Å²) in [5, 5.41) is 11.0. The molecular weight excluding hydrogens is 386 g/mol. The summed E-state index contributed by atoms with van der Waals surface area (Å²) in [6.07, 6.45) is 6.17. The summed E-state index contributed by atoms with van der Waals surface area (Å²) in [6.45, 7) is 9.05. The SMILES string of the molecule is CC[C@@H](C)c1nc([C@@H]2CC[C@@H](C)N(C(=O)c3ccsc3-n3nccn3)C2)oc1C. The molecule has 8 heteroatoms. The molecule has 3 atom stereocenters. The number of carbonyl (C=O) groups excluding carboxylic acids is 1. The van der Waals surface area contributed by atoms with Crippen LogP contribution in [0.5, 0.6) is 0 Å². The average molecular weight is 414 g/mol. The third kappa shape index (κ3) is 3.73. The molecule has 1 aliphatic heterocycles. The predicted octanol–water partition coefficient (Wildman–Crippen LogP) is 4.55. The van der Waals surface area contributed by atoms with E-state index in [9.17, 15) is 4.79 Å². The van der Waals surface area contributed by atoms with Gasteiger partial charge in [0.15, 0.2) is 10.9 Å². The molecule has 1 aliphatic rings. The molecule has 7 nitrogen and oxygen atoms in total. The van der Waals surface area contributed by atoms with Gasteiger partial charge in [0, 0.05) is 18.5 Å². The molecule has 0 radical (unpaired) electrons. The van der Waals surface area contributed by atoms with Gasteiger partial charge in [0.25, 0.3) is 5.91 Å². The van der Waals surface area contributed by atoms with Crippen molar-refractivity contribution in [1.29, 1.82) is 0 Å². The minimum Gasteiger partial charge on any atom is -0.445 e. The second-order valence-corrected chi connectivity index (χ2v) is 8.74. The molecule has 3 aromatic rings. The summed E-state index contributed by atoms with van der Waals surface area (Å²) >= 11 is 1.47. The van der Waals surface area contributed by atoms with Crippen molar-refractivity contribution in [3.63, 3.8) is 0 Å².